The lowest BCUT2D eigenvalue weighted by molar-refractivity contribution is -0.115. The Balaban J connectivity index is 1.31. The first-order valence-electron chi connectivity index (χ1n) is 11.2. The van der Waals surface area contributed by atoms with Crippen LogP contribution in [0.2, 0.25) is 0 Å². The maximum absolute atomic E-state index is 13.6. The van der Waals surface area contributed by atoms with E-state index in [-0.39, 0.29) is 17.4 Å². The predicted molar refractivity (Wildman–Crippen MR) is 140 cm³/mol. The van der Waals surface area contributed by atoms with E-state index in [4.69, 9.17) is 4.42 Å². The van der Waals surface area contributed by atoms with Gasteiger partial charge in [0.1, 0.15) is 11.5 Å². The Kier molecular flexibility index (Phi) is 6.00. The lowest BCUT2D eigenvalue weighted by Gasteiger charge is -2.30. The van der Waals surface area contributed by atoms with Gasteiger partial charge in [0.15, 0.2) is 11.0 Å². The van der Waals surface area contributed by atoms with Crippen molar-refractivity contribution in [2.75, 3.05) is 10.7 Å². The lowest BCUT2D eigenvalue weighted by Crippen LogP contribution is -2.30. The first-order chi connectivity index (χ1) is 17.7. The van der Waals surface area contributed by atoms with E-state index >= 15 is 0 Å². The minimum atomic E-state index is -0.0427. The number of carbonyl (C=O) groups is 1. The molecule has 178 valence electrons. The number of phenolic OH excluding ortho intramolecular Hbond substituents is 1. The molecular weight excluding hydrogens is 492 g/mol. The Hall–Kier alpha value is -3.95. The smallest absolute Gasteiger partial charge is 0.242 e. The number of fused-ring (bicyclic) bond motifs is 2. The molecule has 0 bridgehead atoms. The van der Waals surface area contributed by atoms with Crippen molar-refractivity contribution in [2.45, 2.75) is 21.5 Å². The van der Waals surface area contributed by atoms with Gasteiger partial charge in [0.2, 0.25) is 5.91 Å². The number of carbonyl (C=O) groups excluding carboxylic acids is 1. The molecule has 0 radical (unpaired) electrons. The summed E-state index contributed by atoms with van der Waals surface area (Å²) in [4.78, 5) is 17.5. The van der Waals surface area contributed by atoms with Crippen molar-refractivity contribution in [3.8, 4) is 17.1 Å². The third kappa shape index (κ3) is 4.27. The Morgan fingerprint density at radius 2 is 1.58 bits per heavy atom. The summed E-state index contributed by atoms with van der Waals surface area (Å²) in [7, 11) is 0. The zero-order chi connectivity index (χ0) is 24.5. The second-order valence-corrected chi connectivity index (χ2v) is 10.1. The highest BCUT2D eigenvalue weighted by molar-refractivity contribution is 8.00. The number of para-hydroxylation sites is 2. The summed E-state index contributed by atoms with van der Waals surface area (Å²) in [5, 5.41) is 19.1. The molecule has 1 aliphatic rings. The molecule has 7 nitrogen and oxygen atoms in total. The largest absolute Gasteiger partial charge is 0.508 e. The number of aromatic hydroxyl groups is 1. The lowest BCUT2D eigenvalue weighted by atomic mass is 10.2. The first kappa shape index (κ1) is 22.5. The highest BCUT2D eigenvalue weighted by Crippen LogP contribution is 2.48. The fourth-order valence-corrected chi connectivity index (χ4v) is 5.93. The van der Waals surface area contributed by atoms with Crippen LogP contribution in [-0.4, -0.2) is 31.5 Å². The van der Waals surface area contributed by atoms with E-state index in [2.05, 4.69) is 10.2 Å². The van der Waals surface area contributed by atoms with Crippen LogP contribution in [-0.2, 0) is 11.3 Å². The van der Waals surface area contributed by atoms with E-state index in [1.807, 2.05) is 65.2 Å². The van der Waals surface area contributed by atoms with E-state index in [9.17, 15) is 9.90 Å². The fourth-order valence-electron chi connectivity index (χ4n) is 4.08. The second-order valence-electron chi connectivity index (χ2n) is 8.07. The van der Waals surface area contributed by atoms with Crippen LogP contribution in [0.25, 0.3) is 11.4 Å². The van der Waals surface area contributed by atoms with Crippen LogP contribution in [0.5, 0.6) is 5.75 Å². The van der Waals surface area contributed by atoms with Gasteiger partial charge in [0, 0.05) is 15.4 Å². The molecule has 5 aromatic rings. The summed E-state index contributed by atoms with van der Waals surface area (Å²) in [5.74, 6) is 1.69. The number of rotatable bonds is 6. The van der Waals surface area contributed by atoms with Gasteiger partial charge in [-0.1, -0.05) is 47.8 Å². The number of anilines is 2. The molecule has 3 heterocycles. The molecule has 2 aromatic heterocycles. The fraction of sp³-hybridized carbons (Fsp3) is 0.0741. The van der Waals surface area contributed by atoms with E-state index in [1.165, 1.54) is 11.8 Å². The molecule has 1 N–H and O–H groups in total. The molecule has 0 spiro atoms. The predicted octanol–water partition coefficient (Wildman–Crippen LogP) is 6.21. The van der Waals surface area contributed by atoms with Gasteiger partial charge in [-0.25, -0.2) is 0 Å². The first-order valence-corrected chi connectivity index (χ1v) is 13.0. The van der Waals surface area contributed by atoms with Gasteiger partial charge in [-0.15, -0.1) is 10.2 Å². The number of aromatic nitrogens is 3. The summed E-state index contributed by atoms with van der Waals surface area (Å²) in [6, 6.07) is 26.4. The van der Waals surface area contributed by atoms with Crippen molar-refractivity contribution in [1.29, 1.82) is 0 Å². The van der Waals surface area contributed by atoms with Crippen LogP contribution >= 0.6 is 23.5 Å². The highest BCUT2D eigenvalue weighted by Gasteiger charge is 2.28. The molecule has 1 aliphatic heterocycles. The summed E-state index contributed by atoms with van der Waals surface area (Å²) in [6.45, 7) is 0.415. The van der Waals surface area contributed by atoms with Crippen LogP contribution in [0, 0.1) is 0 Å². The normalized spacial score (nSPS) is 12.3. The number of furan rings is 1. The molecular formula is C27H20N4O3S2. The standard InChI is InChI=1S/C27H20N4O3S2/c32-19-13-11-18(12-14-19)26-28-29-27(30(26)16-20-6-5-15-34-20)35-17-25(33)31-21-7-1-3-9-23(21)36-24-10-4-2-8-22(24)31/h1-15,32H,16-17H2. The third-order valence-electron chi connectivity index (χ3n) is 5.74. The number of nitrogens with zero attached hydrogens (tertiary/aromatic N) is 4. The van der Waals surface area contributed by atoms with E-state index < -0.39 is 0 Å². The molecule has 0 saturated carbocycles. The van der Waals surface area contributed by atoms with Crippen molar-refractivity contribution >= 4 is 40.8 Å². The maximum Gasteiger partial charge on any atom is 0.242 e. The second kappa shape index (κ2) is 9.60. The summed E-state index contributed by atoms with van der Waals surface area (Å²) >= 11 is 3.01. The van der Waals surface area contributed by atoms with Gasteiger partial charge in [-0.05, 0) is 60.7 Å². The van der Waals surface area contributed by atoms with Gasteiger partial charge in [0.05, 0.1) is 29.9 Å². The zero-order valence-corrected chi connectivity index (χ0v) is 20.6. The number of amides is 1. The quantitative estimate of drug-likeness (QED) is 0.271. The average molecular weight is 513 g/mol. The molecule has 0 atom stereocenters. The number of hydrogen-bond acceptors (Lipinski definition) is 7. The monoisotopic (exact) mass is 512 g/mol. The molecule has 3 aromatic carbocycles. The van der Waals surface area contributed by atoms with E-state index in [0.717, 1.165) is 32.5 Å². The highest BCUT2D eigenvalue weighted by atomic mass is 32.2. The van der Waals surface area contributed by atoms with E-state index in [1.54, 1.807) is 47.2 Å². The maximum atomic E-state index is 13.6. The zero-order valence-electron chi connectivity index (χ0n) is 18.9. The molecule has 0 aliphatic carbocycles. The molecule has 9 heteroatoms. The van der Waals surface area contributed by atoms with Gasteiger partial charge in [0.25, 0.3) is 0 Å². The van der Waals surface area contributed by atoms with Crippen LogP contribution in [0.1, 0.15) is 5.76 Å². The van der Waals surface area contributed by atoms with Crippen molar-refractivity contribution in [3.63, 3.8) is 0 Å². The Morgan fingerprint density at radius 1 is 0.889 bits per heavy atom. The number of phenols is 1. The van der Waals surface area contributed by atoms with Gasteiger partial charge >= 0.3 is 0 Å². The van der Waals surface area contributed by atoms with Gasteiger partial charge in [-0.3, -0.25) is 14.3 Å². The third-order valence-corrected chi connectivity index (χ3v) is 7.82. The molecule has 1 amide bonds. The Bertz CT molecular complexity index is 1490. The SMILES string of the molecule is O=C(CSc1nnc(-c2ccc(O)cc2)n1Cc1ccco1)N1c2ccccc2Sc2ccccc21. The minimum Gasteiger partial charge on any atom is -0.508 e. The molecule has 0 fully saturated rings. The van der Waals surface area contributed by atoms with Gasteiger partial charge < -0.3 is 9.52 Å². The number of hydrogen-bond donors (Lipinski definition) is 1. The molecule has 0 unspecified atom stereocenters. The number of benzene rings is 3. The minimum absolute atomic E-state index is 0.0427. The number of thioether (sulfide) groups is 1. The summed E-state index contributed by atoms with van der Waals surface area (Å²) in [5.41, 5.74) is 2.57. The van der Waals surface area contributed by atoms with Crippen molar-refractivity contribution in [1.82, 2.24) is 14.8 Å². The topological polar surface area (TPSA) is 84.4 Å². The van der Waals surface area contributed by atoms with E-state index in [0.29, 0.717) is 17.5 Å². The molecule has 6 rings (SSSR count). The van der Waals surface area contributed by atoms with Crippen LogP contribution in [0.15, 0.2) is 111 Å². The van der Waals surface area contributed by atoms with Crippen LogP contribution in [0.4, 0.5) is 11.4 Å². The summed E-state index contributed by atoms with van der Waals surface area (Å²) in [6.07, 6.45) is 1.62. The van der Waals surface area contributed by atoms with Crippen LogP contribution in [0.3, 0.4) is 0 Å². The molecule has 0 saturated heterocycles. The van der Waals surface area contributed by atoms with Crippen molar-refractivity contribution in [2.24, 2.45) is 0 Å². The Morgan fingerprint density at radius 3 is 2.25 bits per heavy atom. The van der Waals surface area contributed by atoms with Crippen LogP contribution < -0.4 is 4.90 Å². The Labute approximate surface area is 215 Å². The van der Waals surface area contributed by atoms with Crippen molar-refractivity contribution < 1.29 is 14.3 Å². The molecule has 36 heavy (non-hydrogen) atoms. The summed E-state index contributed by atoms with van der Waals surface area (Å²) < 4.78 is 7.50. The van der Waals surface area contributed by atoms with Crippen molar-refractivity contribution in [3.05, 3.63) is 97.0 Å². The average Bonchev–Trinajstić information content (AvgIpc) is 3.57. The van der Waals surface area contributed by atoms with Gasteiger partial charge in [-0.2, -0.15) is 0 Å².